The summed E-state index contributed by atoms with van der Waals surface area (Å²) in [5.41, 5.74) is 0.0986. The van der Waals surface area contributed by atoms with Crippen molar-refractivity contribution in [3.8, 4) is 0 Å². The van der Waals surface area contributed by atoms with E-state index in [4.69, 9.17) is 34.8 Å². The molecule has 1 aromatic heterocycles. The molecule has 0 aliphatic carbocycles. The summed E-state index contributed by atoms with van der Waals surface area (Å²) < 4.78 is 0. The molecule has 17 heavy (non-hydrogen) atoms. The van der Waals surface area contributed by atoms with Crippen LogP contribution in [0.15, 0.2) is 29.3 Å². The molecule has 2 N–H and O–H groups in total. The van der Waals surface area contributed by atoms with Crippen molar-refractivity contribution in [2.75, 3.05) is 5.32 Å². The zero-order chi connectivity index (χ0) is 12.4. The van der Waals surface area contributed by atoms with E-state index in [1.54, 1.807) is 18.2 Å². The molecule has 0 fully saturated rings. The lowest BCUT2D eigenvalue weighted by Gasteiger charge is -2.08. The number of halogens is 3. The summed E-state index contributed by atoms with van der Waals surface area (Å²) in [4.78, 5) is 17.5. The Morgan fingerprint density at radius 1 is 1.24 bits per heavy atom. The van der Waals surface area contributed by atoms with Crippen LogP contribution in [0.5, 0.6) is 0 Å². The summed E-state index contributed by atoms with van der Waals surface area (Å²) in [5.74, 6) is 0.222. The topological polar surface area (TPSA) is 57.8 Å². The Morgan fingerprint density at radius 2 is 2.00 bits per heavy atom. The number of rotatable bonds is 2. The number of nitrogens with one attached hydrogen (secondary N) is 2. The molecule has 0 aliphatic heterocycles. The van der Waals surface area contributed by atoms with Crippen LogP contribution in [0.1, 0.15) is 0 Å². The Hall–Kier alpha value is -1.23. The molecule has 0 amide bonds. The third-order valence-corrected chi connectivity index (χ3v) is 2.89. The van der Waals surface area contributed by atoms with Crippen LogP contribution in [-0.2, 0) is 0 Å². The lowest BCUT2D eigenvalue weighted by atomic mass is 10.3. The van der Waals surface area contributed by atoms with Crippen molar-refractivity contribution in [2.45, 2.75) is 0 Å². The monoisotopic (exact) mass is 289 g/mol. The van der Waals surface area contributed by atoms with Gasteiger partial charge in [-0.3, -0.25) is 4.79 Å². The number of anilines is 2. The fourth-order valence-corrected chi connectivity index (χ4v) is 1.68. The first kappa shape index (κ1) is 12.2. The highest BCUT2D eigenvalue weighted by molar-refractivity contribution is 6.36. The number of H-pyrrole nitrogens is 1. The molecule has 2 aromatic rings. The van der Waals surface area contributed by atoms with Crippen LogP contribution in [0, 0.1) is 0 Å². The second-order valence-electron chi connectivity index (χ2n) is 3.14. The van der Waals surface area contributed by atoms with E-state index in [-0.39, 0.29) is 10.8 Å². The molecule has 0 unspecified atom stereocenters. The molecule has 0 radical (unpaired) electrons. The standard InChI is InChI=1S/C10H6Cl3N3O/c11-5-1-2-6(12)7(3-5)16-9-8(13)10(17)15-4-14-9/h1-4H,(H2,14,15,16,17). The summed E-state index contributed by atoms with van der Waals surface area (Å²) in [7, 11) is 0. The van der Waals surface area contributed by atoms with Crippen LogP contribution < -0.4 is 10.9 Å². The Kier molecular flexibility index (Phi) is 3.57. The Balaban J connectivity index is 2.41. The first-order chi connectivity index (χ1) is 8.08. The van der Waals surface area contributed by atoms with Crippen molar-refractivity contribution in [3.05, 3.63) is 49.9 Å². The molecule has 0 spiro atoms. The number of aromatic nitrogens is 2. The van der Waals surface area contributed by atoms with Crippen LogP contribution in [0.2, 0.25) is 15.1 Å². The first-order valence-electron chi connectivity index (χ1n) is 4.53. The highest BCUT2D eigenvalue weighted by atomic mass is 35.5. The molecule has 0 saturated heterocycles. The van der Waals surface area contributed by atoms with Gasteiger partial charge >= 0.3 is 0 Å². The number of benzene rings is 1. The van der Waals surface area contributed by atoms with Crippen molar-refractivity contribution in [1.82, 2.24) is 9.97 Å². The fraction of sp³-hybridized carbons (Fsp3) is 0. The first-order valence-corrected chi connectivity index (χ1v) is 5.66. The van der Waals surface area contributed by atoms with E-state index >= 15 is 0 Å². The minimum atomic E-state index is -0.428. The van der Waals surface area contributed by atoms with E-state index in [1.165, 1.54) is 6.33 Å². The maximum atomic E-state index is 11.3. The molecule has 7 heteroatoms. The lowest BCUT2D eigenvalue weighted by Crippen LogP contribution is -2.09. The molecule has 2 rings (SSSR count). The fourth-order valence-electron chi connectivity index (χ4n) is 1.19. The lowest BCUT2D eigenvalue weighted by molar-refractivity contribution is 1.12. The van der Waals surface area contributed by atoms with E-state index in [9.17, 15) is 4.79 Å². The number of nitrogens with zero attached hydrogens (tertiary/aromatic N) is 1. The highest BCUT2D eigenvalue weighted by Crippen LogP contribution is 2.29. The third kappa shape index (κ3) is 2.72. The second kappa shape index (κ2) is 4.96. The minimum Gasteiger partial charge on any atom is -0.338 e. The average molecular weight is 291 g/mol. The largest absolute Gasteiger partial charge is 0.338 e. The molecule has 0 aliphatic rings. The van der Waals surface area contributed by atoms with Crippen LogP contribution in [0.3, 0.4) is 0 Å². The van der Waals surface area contributed by atoms with E-state index in [0.29, 0.717) is 15.7 Å². The molecular formula is C10H6Cl3N3O. The Bertz CT molecular complexity index is 612. The quantitative estimate of drug-likeness (QED) is 0.890. The van der Waals surface area contributed by atoms with E-state index < -0.39 is 5.56 Å². The van der Waals surface area contributed by atoms with Crippen LogP contribution >= 0.6 is 34.8 Å². The molecule has 1 heterocycles. The van der Waals surface area contributed by atoms with Gasteiger partial charge in [0.1, 0.15) is 5.02 Å². The molecule has 1 aromatic carbocycles. The van der Waals surface area contributed by atoms with Gasteiger partial charge in [0.25, 0.3) is 5.56 Å². The van der Waals surface area contributed by atoms with Crippen molar-refractivity contribution >= 4 is 46.3 Å². The van der Waals surface area contributed by atoms with Crippen molar-refractivity contribution < 1.29 is 0 Å². The predicted octanol–water partition coefficient (Wildman–Crippen LogP) is 3.47. The molecule has 0 saturated carbocycles. The summed E-state index contributed by atoms with van der Waals surface area (Å²) in [6.07, 6.45) is 1.25. The minimum absolute atomic E-state index is 0.0384. The molecule has 88 valence electrons. The highest BCUT2D eigenvalue weighted by Gasteiger charge is 2.08. The normalized spacial score (nSPS) is 10.3. The van der Waals surface area contributed by atoms with Gasteiger partial charge in [0.15, 0.2) is 5.82 Å². The predicted molar refractivity (Wildman–Crippen MR) is 69.6 cm³/mol. The summed E-state index contributed by atoms with van der Waals surface area (Å²) in [6, 6.07) is 4.90. The summed E-state index contributed by atoms with van der Waals surface area (Å²) >= 11 is 17.6. The van der Waals surface area contributed by atoms with Crippen LogP contribution in [0.25, 0.3) is 0 Å². The summed E-state index contributed by atoms with van der Waals surface area (Å²) in [6.45, 7) is 0. The van der Waals surface area contributed by atoms with Gasteiger partial charge < -0.3 is 10.3 Å². The zero-order valence-corrected chi connectivity index (χ0v) is 10.6. The summed E-state index contributed by atoms with van der Waals surface area (Å²) in [5, 5.41) is 3.77. The van der Waals surface area contributed by atoms with Gasteiger partial charge in [-0.1, -0.05) is 34.8 Å². The van der Waals surface area contributed by atoms with Gasteiger partial charge in [-0.05, 0) is 18.2 Å². The number of hydrogen-bond donors (Lipinski definition) is 2. The van der Waals surface area contributed by atoms with E-state index in [0.717, 1.165) is 0 Å². The SMILES string of the molecule is O=c1[nH]cnc(Nc2cc(Cl)ccc2Cl)c1Cl. The van der Waals surface area contributed by atoms with Gasteiger partial charge in [0.05, 0.1) is 17.0 Å². The van der Waals surface area contributed by atoms with Crippen molar-refractivity contribution in [2.24, 2.45) is 0 Å². The van der Waals surface area contributed by atoms with Crippen LogP contribution in [0.4, 0.5) is 11.5 Å². The molecule has 0 atom stereocenters. The Morgan fingerprint density at radius 3 is 2.76 bits per heavy atom. The maximum Gasteiger partial charge on any atom is 0.271 e. The average Bonchev–Trinajstić information content (AvgIpc) is 2.30. The van der Waals surface area contributed by atoms with Gasteiger partial charge in [-0.15, -0.1) is 0 Å². The van der Waals surface area contributed by atoms with Crippen molar-refractivity contribution in [3.63, 3.8) is 0 Å². The van der Waals surface area contributed by atoms with Gasteiger partial charge in [0, 0.05) is 5.02 Å². The van der Waals surface area contributed by atoms with Crippen molar-refractivity contribution in [1.29, 1.82) is 0 Å². The van der Waals surface area contributed by atoms with E-state index in [1.807, 2.05) is 0 Å². The maximum absolute atomic E-state index is 11.3. The van der Waals surface area contributed by atoms with Gasteiger partial charge in [-0.2, -0.15) is 0 Å². The number of hydrogen-bond acceptors (Lipinski definition) is 3. The molecule has 4 nitrogen and oxygen atoms in total. The number of aromatic amines is 1. The second-order valence-corrected chi connectivity index (χ2v) is 4.37. The third-order valence-electron chi connectivity index (χ3n) is 1.98. The molecule has 0 bridgehead atoms. The zero-order valence-electron chi connectivity index (χ0n) is 8.30. The van der Waals surface area contributed by atoms with E-state index in [2.05, 4.69) is 15.3 Å². The van der Waals surface area contributed by atoms with Crippen LogP contribution in [-0.4, -0.2) is 9.97 Å². The Labute approximate surface area is 112 Å². The van der Waals surface area contributed by atoms with Gasteiger partial charge in [-0.25, -0.2) is 4.98 Å². The smallest absolute Gasteiger partial charge is 0.271 e. The molecular weight excluding hydrogens is 284 g/mol. The van der Waals surface area contributed by atoms with Gasteiger partial charge in [0.2, 0.25) is 0 Å².